The van der Waals surface area contributed by atoms with Crippen LogP contribution in [0.5, 0.6) is 0 Å². The van der Waals surface area contributed by atoms with E-state index in [1.807, 2.05) is 105 Å². The van der Waals surface area contributed by atoms with E-state index in [0.29, 0.717) is 35.9 Å². The normalized spacial score (nSPS) is 18.0. The van der Waals surface area contributed by atoms with Crippen LogP contribution in [-0.2, 0) is 0 Å². The third-order valence-corrected chi connectivity index (χ3v) is 8.13. The van der Waals surface area contributed by atoms with Crippen molar-refractivity contribution in [1.82, 2.24) is 34.1 Å². The van der Waals surface area contributed by atoms with Crippen molar-refractivity contribution in [2.75, 3.05) is 13.1 Å². The quantitative estimate of drug-likeness (QED) is 0.351. The van der Waals surface area contributed by atoms with Crippen molar-refractivity contribution in [2.24, 2.45) is 0 Å². The number of aromatic amines is 1. The number of likely N-dealkylation sites (tertiary alicyclic amines) is 2. The second-order valence-electron chi connectivity index (χ2n) is 10.6. The lowest BCUT2D eigenvalue weighted by Crippen LogP contribution is -2.50. The molecule has 2 aliphatic heterocycles. The number of piperazine rings is 1. The first-order valence-corrected chi connectivity index (χ1v) is 13.7. The smallest absolute Gasteiger partial charge is 0.272 e. The van der Waals surface area contributed by atoms with E-state index in [2.05, 4.69) is 15.0 Å². The molecule has 2 saturated heterocycles. The van der Waals surface area contributed by atoms with Gasteiger partial charge in [-0.25, -0.2) is 15.0 Å². The molecule has 2 aromatic carbocycles. The van der Waals surface area contributed by atoms with Crippen LogP contribution in [0.15, 0.2) is 97.3 Å². The molecule has 0 spiro atoms. The zero-order chi connectivity index (χ0) is 27.5. The predicted octanol–water partition coefficient (Wildman–Crippen LogP) is 4.68. The fourth-order valence-electron chi connectivity index (χ4n) is 6.12. The minimum atomic E-state index is -0.114. The number of H-pyrrole nitrogens is 1. The Morgan fingerprint density at radius 1 is 0.756 bits per heavy atom. The van der Waals surface area contributed by atoms with Crippen molar-refractivity contribution in [3.05, 3.63) is 109 Å². The first-order valence-electron chi connectivity index (χ1n) is 13.7. The van der Waals surface area contributed by atoms with Gasteiger partial charge in [0.05, 0.1) is 28.8 Å². The molecule has 2 bridgehead atoms. The van der Waals surface area contributed by atoms with Gasteiger partial charge in [0.15, 0.2) is 5.82 Å². The monoisotopic (exact) mass is 539 g/mol. The van der Waals surface area contributed by atoms with Crippen LogP contribution in [0.25, 0.3) is 39.5 Å². The molecule has 9 heteroatoms. The Balaban J connectivity index is 0.990. The molecule has 2 atom stereocenters. The minimum Gasteiger partial charge on any atom is -0.337 e. The highest BCUT2D eigenvalue weighted by atomic mass is 16.2. The summed E-state index contributed by atoms with van der Waals surface area (Å²) in [6, 6.07) is 26.7. The lowest BCUT2D eigenvalue weighted by atomic mass is 10.1. The first kappa shape index (κ1) is 23.6. The molecule has 200 valence electrons. The number of fused-ring (bicyclic) bond motifs is 4. The lowest BCUT2D eigenvalue weighted by molar-refractivity contribution is 0.0523. The molecule has 2 unspecified atom stereocenters. The summed E-state index contributed by atoms with van der Waals surface area (Å²) in [6.07, 6.45) is 4.70. The molecule has 1 N–H and O–H groups in total. The molecular weight excluding hydrogens is 514 g/mol. The van der Waals surface area contributed by atoms with Gasteiger partial charge in [-0.1, -0.05) is 36.4 Å². The Morgan fingerprint density at radius 3 is 2.39 bits per heavy atom. The van der Waals surface area contributed by atoms with Gasteiger partial charge in [0.25, 0.3) is 11.8 Å². The van der Waals surface area contributed by atoms with Crippen molar-refractivity contribution in [3.63, 3.8) is 0 Å². The van der Waals surface area contributed by atoms with Crippen LogP contribution in [0.3, 0.4) is 0 Å². The van der Waals surface area contributed by atoms with Crippen LogP contribution >= 0.6 is 0 Å². The van der Waals surface area contributed by atoms with Crippen molar-refractivity contribution < 1.29 is 9.59 Å². The summed E-state index contributed by atoms with van der Waals surface area (Å²) in [5.74, 6) is 0.503. The second kappa shape index (κ2) is 9.12. The van der Waals surface area contributed by atoms with Crippen molar-refractivity contribution in [3.8, 4) is 22.8 Å². The van der Waals surface area contributed by atoms with E-state index >= 15 is 0 Å². The number of amides is 2. The zero-order valence-corrected chi connectivity index (χ0v) is 22.0. The standard InChI is InChI=1S/C32H25N7O2/c40-31(21-8-5-7-20(15-21)28-19-37-14-4-3-13-29(37)34-28)38-17-23-16-22(38)18-39(23)32(41)27-12-6-11-26(33-27)30-35-24-9-1-2-10-25(24)36-30/h1-15,19,22-23H,16-18H2,(H,35,36). The van der Waals surface area contributed by atoms with E-state index < -0.39 is 0 Å². The predicted molar refractivity (Wildman–Crippen MR) is 154 cm³/mol. The Labute approximate surface area is 235 Å². The van der Waals surface area contributed by atoms with Gasteiger partial charge >= 0.3 is 0 Å². The maximum absolute atomic E-state index is 13.6. The number of nitrogens with zero attached hydrogens (tertiary/aromatic N) is 6. The number of para-hydroxylation sites is 2. The summed E-state index contributed by atoms with van der Waals surface area (Å²) in [7, 11) is 0. The second-order valence-corrected chi connectivity index (χ2v) is 10.6. The van der Waals surface area contributed by atoms with Gasteiger partial charge < -0.3 is 19.2 Å². The summed E-state index contributed by atoms with van der Waals surface area (Å²) < 4.78 is 1.97. The van der Waals surface area contributed by atoms with Crippen LogP contribution in [0.4, 0.5) is 0 Å². The SMILES string of the molecule is O=C(c1cccc(-c2cn3ccccc3n2)c1)N1CC2CC1CN2C(=O)c1cccc(-c2nc3ccccc3[nH]2)n1. The highest BCUT2D eigenvalue weighted by molar-refractivity contribution is 5.97. The molecule has 6 aromatic rings. The zero-order valence-electron chi connectivity index (χ0n) is 22.0. The highest BCUT2D eigenvalue weighted by Gasteiger charge is 2.47. The molecule has 2 fully saturated rings. The van der Waals surface area contributed by atoms with Gasteiger partial charge in [-0.2, -0.15) is 0 Å². The molecule has 8 rings (SSSR count). The molecule has 0 aliphatic carbocycles. The Hall–Kier alpha value is -5.31. The fraction of sp³-hybridized carbons (Fsp3) is 0.156. The van der Waals surface area contributed by atoms with E-state index in [1.54, 1.807) is 6.07 Å². The lowest BCUT2D eigenvalue weighted by Gasteiger charge is -2.34. The van der Waals surface area contributed by atoms with Crippen LogP contribution in [-0.4, -0.2) is 71.1 Å². The Kier molecular flexibility index (Phi) is 5.24. The number of rotatable bonds is 4. The number of hydrogen-bond donors (Lipinski definition) is 1. The number of aromatic nitrogens is 5. The number of carbonyl (C=O) groups excluding carboxylic acids is 2. The van der Waals surface area contributed by atoms with Gasteiger partial charge in [-0.15, -0.1) is 0 Å². The maximum atomic E-state index is 13.6. The number of pyridine rings is 2. The average molecular weight is 540 g/mol. The summed E-state index contributed by atoms with van der Waals surface area (Å²) in [5.41, 5.74) is 5.99. The van der Waals surface area contributed by atoms with Gasteiger partial charge in [0.1, 0.15) is 17.0 Å². The molecule has 6 heterocycles. The molecular formula is C32H25N7O2. The molecule has 0 saturated carbocycles. The van der Waals surface area contributed by atoms with E-state index in [4.69, 9.17) is 4.98 Å². The minimum absolute atomic E-state index is 0.0137. The number of benzene rings is 2. The molecule has 41 heavy (non-hydrogen) atoms. The Morgan fingerprint density at radius 2 is 1.56 bits per heavy atom. The summed E-state index contributed by atoms with van der Waals surface area (Å²) in [5, 5.41) is 0. The number of imidazole rings is 2. The van der Waals surface area contributed by atoms with Crippen molar-refractivity contribution >= 4 is 28.5 Å². The molecule has 2 amide bonds. The molecule has 0 radical (unpaired) electrons. The van der Waals surface area contributed by atoms with Gasteiger partial charge in [0.2, 0.25) is 0 Å². The number of hydrogen-bond acceptors (Lipinski definition) is 5. The largest absolute Gasteiger partial charge is 0.337 e. The average Bonchev–Trinajstić information content (AvgIpc) is 3.82. The van der Waals surface area contributed by atoms with E-state index in [-0.39, 0.29) is 23.9 Å². The molecule has 2 aliphatic rings. The topological polar surface area (TPSA) is 99.5 Å². The number of nitrogens with one attached hydrogen (secondary N) is 1. The highest BCUT2D eigenvalue weighted by Crippen LogP contribution is 2.33. The van der Waals surface area contributed by atoms with Gasteiger partial charge in [-0.3, -0.25) is 9.59 Å². The van der Waals surface area contributed by atoms with Gasteiger partial charge in [-0.05, 0) is 55.0 Å². The van der Waals surface area contributed by atoms with Crippen LogP contribution < -0.4 is 0 Å². The van der Waals surface area contributed by atoms with E-state index in [0.717, 1.165) is 34.4 Å². The summed E-state index contributed by atoms with van der Waals surface area (Å²) in [6.45, 7) is 1.01. The van der Waals surface area contributed by atoms with Crippen molar-refractivity contribution in [2.45, 2.75) is 18.5 Å². The number of carbonyl (C=O) groups is 2. The summed E-state index contributed by atoms with van der Waals surface area (Å²) >= 11 is 0. The molecule has 4 aromatic heterocycles. The maximum Gasteiger partial charge on any atom is 0.272 e. The van der Waals surface area contributed by atoms with E-state index in [9.17, 15) is 9.59 Å². The van der Waals surface area contributed by atoms with Crippen LogP contribution in [0.2, 0.25) is 0 Å². The first-order chi connectivity index (χ1) is 20.1. The van der Waals surface area contributed by atoms with Crippen molar-refractivity contribution in [1.29, 1.82) is 0 Å². The summed E-state index contributed by atoms with van der Waals surface area (Å²) in [4.78, 5) is 48.2. The molecule has 9 nitrogen and oxygen atoms in total. The van der Waals surface area contributed by atoms with Crippen LogP contribution in [0, 0.1) is 0 Å². The van der Waals surface area contributed by atoms with Crippen LogP contribution in [0.1, 0.15) is 27.3 Å². The van der Waals surface area contributed by atoms with Gasteiger partial charge in [0, 0.05) is 36.6 Å². The third kappa shape index (κ3) is 3.97. The third-order valence-electron chi connectivity index (χ3n) is 8.13. The fourth-order valence-corrected chi connectivity index (χ4v) is 6.12. The van der Waals surface area contributed by atoms with E-state index in [1.165, 1.54) is 0 Å². The Bertz CT molecular complexity index is 1770.